The fourth-order valence-electron chi connectivity index (χ4n) is 1.39. The van der Waals surface area contributed by atoms with E-state index in [2.05, 4.69) is 4.98 Å². The van der Waals surface area contributed by atoms with E-state index in [9.17, 15) is 13.9 Å². The van der Waals surface area contributed by atoms with Crippen LogP contribution < -0.4 is 0 Å². The van der Waals surface area contributed by atoms with Crippen LogP contribution in [0.3, 0.4) is 0 Å². The van der Waals surface area contributed by atoms with E-state index in [0.29, 0.717) is 5.69 Å². The summed E-state index contributed by atoms with van der Waals surface area (Å²) < 4.78 is 25.9. The maximum atomic E-state index is 13.3. The number of thiazole rings is 1. The van der Waals surface area contributed by atoms with Gasteiger partial charge in [-0.15, -0.1) is 11.3 Å². The van der Waals surface area contributed by atoms with Crippen LogP contribution in [0.5, 0.6) is 0 Å². The second kappa shape index (κ2) is 4.67. The fourth-order valence-corrected chi connectivity index (χ4v) is 1.99. The van der Waals surface area contributed by atoms with E-state index in [-0.39, 0.29) is 12.0 Å². The van der Waals surface area contributed by atoms with Gasteiger partial charge in [-0.3, -0.25) is 0 Å². The Hall–Kier alpha value is -1.33. The van der Waals surface area contributed by atoms with E-state index in [1.165, 1.54) is 23.5 Å². The normalized spacial score (nSPS) is 12.7. The second-order valence-corrected chi connectivity index (χ2v) is 4.09. The van der Waals surface area contributed by atoms with Gasteiger partial charge in [-0.25, -0.2) is 13.8 Å². The summed E-state index contributed by atoms with van der Waals surface area (Å²) in [5.74, 6) is -1.27. The van der Waals surface area contributed by atoms with Crippen molar-refractivity contribution in [1.29, 1.82) is 0 Å². The molecule has 1 aromatic heterocycles. The molecule has 0 saturated heterocycles. The lowest BCUT2D eigenvalue weighted by Gasteiger charge is -2.08. The largest absolute Gasteiger partial charge is 0.386 e. The average Bonchev–Trinajstić information content (AvgIpc) is 2.75. The zero-order chi connectivity index (χ0) is 11.5. The zero-order valence-corrected chi connectivity index (χ0v) is 9.05. The van der Waals surface area contributed by atoms with Crippen molar-refractivity contribution < 1.29 is 13.9 Å². The van der Waals surface area contributed by atoms with Crippen LogP contribution in [0, 0.1) is 11.6 Å². The second-order valence-electron chi connectivity index (χ2n) is 3.37. The maximum Gasteiger partial charge on any atom is 0.129 e. The van der Waals surface area contributed by atoms with Gasteiger partial charge in [0, 0.05) is 17.9 Å². The summed E-state index contributed by atoms with van der Waals surface area (Å²) in [7, 11) is 0. The van der Waals surface area contributed by atoms with Crippen molar-refractivity contribution in [3.63, 3.8) is 0 Å². The number of benzene rings is 1. The Morgan fingerprint density at radius 2 is 2.19 bits per heavy atom. The van der Waals surface area contributed by atoms with Crippen LogP contribution in [-0.4, -0.2) is 10.1 Å². The van der Waals surface area contributed by atoms with Crippen LogP contribution in [-0.2, 0) is 6.42 Å². The molecule has 0 aliphatic carbocycles. The van der Waals surface area contributed by atoms with Gasteiger partial charge in [0.15, 0.2) is 0 Å². The molecule has 84 valence electrons. The predicted octanol–water partition coefficient (Wildman–Crippen LogP) is 2.70. The van der Waals surface area contributed by atoms with E-state index < -0.39 is 17.7 Å². The molecule has 0 bridgehead atoms. The topological polar surface area (TPSA) is 33.1 Å². The first-order chi connectivity index (χ1) is 7.66. The van der Waals surface area contributed by atoms with Gasteiger partial charge in [0.05, 0.1) is 11.2 Å². The first-order valence-electron chi connectivity index (χ1n) is 4.67. The highest BCUT2D eigenvalue weighted by Crippen LogP contribution is 2.20. The van der Waals surface area contributed by atoms with Crippen molar-refractivity contribution in [3.05, 3.63) is 52.0 Å². The Morgan fingerprint density at radius 3 is 2.81 bits per heavy atom. The van der Waals surface area contributed by atoms with Gasteiger partial charge in [-0.2, -0.15) is 0 Å². The smallest absolute Gasteiger partial charge is 0.129 e. The van der Waals surface area contributed by atoms with Gasteiger partial charge < -0.3 is 5.11 Å². The lowest BCUT2D eigenvalue weighted by atomic mass is 10.1. The summed E-state index contributed by atoms with van der Waals surface area (Å²) in [5.41, 5.74) is 2.38. The lowest BCUT2D eigenvalue weighted by molar-refractivity contribution is 0.173. The zero-order valence-electron chi connectivity index (χ0n) is 8.23. The molecule has 0 spiro atoms. The van der Waals surface area contributed by atoms with E-state index >= 15 is 0 Å². The van der Waals surface area contributed by atoms with Gasteiger partial charge in [0.2, 0.25) is 0 Å². The van der Waals surface area contributed by atoms with Crippen molar-refractivity contribution in [1.82, 2.24) is 4.98 Å². The lowest BCUT2D eigenvalue weighted by Crippen LogP contribution is -2.04. The Labute approximate surface area is 95.2 Å². The number of aromatic nitrogens is 1. The van der Waals surface area contributed by atoms with E-state index in [1.807, 2.05) is 0 Å². The monoisotopic (exact) mass is 241 g/mol. The number of rotatable bonds is 3. The van der Waals surface area contributed by atoms with E-state index in [0.717, 1.165) is 6.07 Å². The van der Waals surface area contributed by atoms with Crippen LogP contribution in [0.25, 0.3) is 0 Å². The average molecular weight is 241 g/mol. The van der Waals surface area contributed by atoms with Crippen molar-refractivity contribution >= 4 is 11.3 Å². The number of nitrogens with zero attached hydrogens (tertiary/aromatic N) is 1. The summed E-state index contributed by atoms with van der Waals surface area (Å²) in [4.78, 5) is 3.93. The fraction of sp³-hybridized carbons (Fsp3) is 0.182. The highest BCUT2D eigenvalue weighted by atomic mass is 32.1. The quantitative estimate of drug-likeness (QED) is 0.896. The molecule has 0 amide bonds. The highest BCUT2D eigenvalue weighted by Gasteiger charge is 2.13. The number of aliphatic hydroxyl groups excluding tert-OH is 1. The molecular formula is C11H9F2NOS. The molecule has 2 aromatic rings. The van der Waals surface area contributed by atoms with Crippen LogP contribution >= 0.6 is 11.3 Å². The molecule has 16 heavy (non-hydrogen) atoms. The van der Waals surface area contributed by atoms with Gasteiger partial charge in [-0.05, 0) is 11.6 Å². The van der Waals surface area contributed by atoms with Gasteiger partial charge in [0.1, 0.15) is 17.7 Å². The molecule has 1 atom stereocenters. The molecule has 0 saturated carbocycles. The molecular weight excluding hydrogens is 232 g/mol. The Balaban J connectivity index is 2.15. The number of aliphatic hydroxyl groups is 1. The van der Waals surface area contributed by atoms with Crippen molar-refractivity contribution in [2.45, 2.75) is 12.5 Å². The number of hydrogen-bond donors (Lipinski definition) is 1. The molecule has 1 aromatic carbocycles. The summed E-state index contributed by atoms with van der Waals surface area (Å²) >= 11 is 1.36. The molecule has 1 N–H and O–H groups in total. The van der Waals surface area contributed by atoms with Gasteiger partial charge in [0.25, 0.3) is 0 Å². The Bertz CT molecular complexity index is 473. The van der Waals surface area contributed by atoms with Crippen LogP contribution in [0.1, 0.15) is 17.4 Å². The minimum atomic E-state index is -0.855. The van der Waals surface area contributed by atoms with Crippen molar-refractivity contribution in [3.8, 4) is 0 Å². The predicted molar refractivity (Wildman–Crippen MR) is 57.1 cm³/mol. The summed E-state index contributed by atoms with van der Waals surface area (Å²) in [6, 6.07) is 3.32. The van der Waals surface area contributed by atoms with E-state index in [4.69, 9.17) is 0 Å². The summed E-state index contributed by atoms with van der Waals surface area (Å²) in [5, 5.41) is 11.4. The van der Waals surface area contributed by atoms with Crippen molar-refractivity contribution in [2.24, 2.45) is 0 Å². The minimum Gasteiger partial charge on any atom is -0.386 e. The number of halogens is 2. The molecule has 0 aliphatic rings. The molecule has 5 heteroatoms. The Morgan fingerprint density at radius 1 is 1.38 bits per heavy atom. The van der Waals surface area contributed by atoms with Crippen LogP contribution in [0.4, 0.5) is 8.78 Å². The molecule has 2 nitrogen and oxygen atoms in total. The van der Waals surface area contributed by atoms with Crippen LogP contribution in [0.2, 0.25) is 0 Å². The minimum absolute atomic E-state index is 0.0931. The SMILES string of the molecule is OC(Cc1ccc(F)cc1F)c1cscn1. The van der Waals surface area contributed by atoms with Gasteiger partial charge in [-0.1, -0.05) is 6.07 Å². The third kappa shape index (κ3) is 2.43. The molecule has 2 rings (SSSR count). The third-order valence-corrected chi connectivity index (χ3v) is 2.83. The maximum absolute atomic E-state index is 13.3. The molecule has 1 heterocycles. The number of hydrogen-bond acceptors (Lipinski definition) is 3. The molecule has 0 aliphatic heterocycles. The van der Waals surface area contributed by atoms with Crippen molar-refractivity contribution in [2.75, 3.05) is 0 Å². The molecule has 1 unspecified atom stereocenters. The molecule has 0 fully saturated rings. The summed E-state index contributed by atoms with van der Waals surface area (Å²) in [6.45, 7) is 0. The Kier molecular flexibility index (Phi) is 3.26. The first-order valence-corrected chi connectivity index (χ1v) is 5.61. The van der Waals surface area contributed by atoms with Crippen LogP contribution in [0.15, 0.2) is 29.1 Å². The third-order valence-electron chi connectivity index (χ3n) is 2.22. The first kappa shape index (κ1) is 11.2. The molecule has 0 radical (unpaired) electrons. The van der Waals surface area contributed by atoms with E-state index in [1.54, 1.807) is 10.9 Å². The summed E-state index contributed by atoms with van der Waals surface area (Å²) in [6.07, 6.45) is -0.762. The highest BCUT2D eigenvalue weighted by molar-refractivity contribution is 7.07. The standard InChI is InChI=1S/C11H9F2NOS/c12-8-2-1-7(9(13)4-8)3-11(15)10-5-16-6-14-10/h1-2,4-6,11,15H,3H2. The van der Waals surface area contributed by atoms with Gasteiger partial charge >= 0.3 is 0 Å².